The quantitative estimate of drug-likeness (QED) is 0.297. The zero-order valence-corrected chi connectivity index (χ0v) is 18.5. The molecule has 2 amide bonds. The largest absolute Gasteiger partial charge is 0.495 e. The van der Waals surface area contributed by atoms with E-state index in [0.717, 1.165) is 5.56 Å². The molecule has 0 saturated carbocycles. The number of anilines is 1. The molecule has 0 aliphatic rings. The monoisotopic (exact) mass is 471 g/mol. The second-order valence-corrected chi connectivity index (χ2v) is 7.29. The molecule has 0 bridgehead atoms. The average molecular weight is 472 g/mol. The van der Waals surface area contributed by atoms with Crippen molar-refractivity contribution >= 4 is 46.9 Å². The molecular weight excluding hydrogens is 453 g/mol. The van der Waals surface area contributed by atoms with Gasteiger partial charge in [0.2, 0.25) is 0 Å². The number of methoxy groups -OCH3 is 1. The number of rotatable bonds is 7. The fourth-order valence-corrected chi connectivity index (χ4v) is 3.00. The van der Waals surface area contributed by atoms with E-state index in [-0.39, 0.29) is 5.69 Å². The Bertz CT molecular complexity index is 1150. The molecule has 3 aromatic carbocycles. The van der Waals surface area contributed by atoms with Crippen LogP contribution in [0.4, 0.5) is 5.69 Å². The van der Waals surface area contributed by atoms with Gasteiger partial charge in [0, 0.05) is 15.6 Å². The predicted octanol–water partition coefficient (Wildman–Crippen LogP) is 4.67. The van der Waals surface area contributed by atoms with Gasteiger partial charge >= 0.3 is 11.8 Å². The molecule has 0 aromatic heterocycles. The lowest BCUT2D eigenvalue weighted by molar-refractivity contribution is -0.136. The summed E-state index contributed by atoms with van der Waals surface area (Å²) in [6.07, 6.45) is 1.40. The highest BCUT2D eigenvalue weighted by Gasteiger charge is 2.15. The first-order chi connectivity index (χ1) is 15.5. The number of hydrogen-bond donors (Lipinski definition) is 2. The zero-order chi connectivity index (χ0) is 22.9. The maximum absolute atomic E-state index is 12.1. The first-order valence-electron chi connectivity index (χ1n) is 9.40. The molecule has 7 nitrogen and oxygen atoms in total. The van der Waals surface area contributed by atoms with E-state index >= 15 is 0 Å². The minimum absolute atomic E-state index is 0.271. The Balaban J connectivity index is 1.55. The Labute approximate surface area is 194 Å². The van der Waals surface area contributed by atoms with E-state index in [1.807, 2.05) is 18.2 Å². The maximum Gasteiger partial charge on any atom is 0.329 e. The van der Waals surface area contributed by atoms with Gasteiger partial charge in [0.15, 0.2) is 0 Å². The second kappa shape index (κ2) is 11.2. The first-order valence-corrected chi connectivity index (χ1v) is 10.2. The molecule has 0 fully saturated rings. The highest BCUT2D eigenvalue weighted by molar-refractivity contribution is 6.40. The molecule has 2 N–H and O–H groups in total. The summed E-state index contributed by atoms with van der Waals surface area (Å²) in [6, 6.07) is 19.2. The van der Waals surface area contributed by atoms with Crippen molar-refractivity contribution in [2.45, 2.75) is 6.61 Å². The van der Waals surface area contributed by atoms with Gasteiger partial charge in [-0.15, -0.1) is 0 Å². The third kappa shape index (κ3) is 6.47. The van der Waals surface area contributed by atoms with Crippen molar-refractivity contribution in [1.82, 2.24) is 5.43 Å². The molecule has 3 aromatic rings. The number of hydrogen-bond acceptors (Lipinski definition) is 5. The van der Waals surface area contributed by atoms with Crippen molar-refractivity contribution in [3.63, 3.8) is 0 Å². The van der Waals surface area contributed by atoms with E-state index in [1.165, 1.54) is 19.4 Å². The van der Waals surface area contributed by atoms with E-state index in [4.69, 9.17) is 32.7 Å². The molecule has 0 heterocycles. The van der Waals surface area contributed by atoms with Gasteiger partial charge in [-0.25, -0.2) is 5.43 Å². The molecular formula is C23H19Cl2N3O4. The Morgan fingerprint density at radius 2 is 1.81 bits per heavy atom. The van der Waals surface area contributed by atoms with Gasteiger partial charge in [0.25, 0.3) is 0 Å². The zero-order valence-electron chi connectivity index (χ0n) is 17.0. The van der Waals surface area contributed by atoms with Crippen molar-refractivity contribution in [2.75, 3.05) is 12.4 Å². The fraction of sp³-hybridized carbons (Fsp3) is 0.0870. The Hall–Kier alpha value is -3.55. The average Bonchev–Trinajstić information content (AvgIpc) is 2.79. The lowest BCUT2D eigenvalue weighted by Crippen LogP contribution is -2.32. The Kier molecular flexibility index (Phi) is 8.08. The summed E-state index contributed by atoms with van der Waals surface area (Å²) >= 11 is 12.1. The van der Waals surface area contributed by atoms with Gasteiger partial charge in [-0.2, -0.15) is 5.10 Å². The van der Waals surface area contributed by atoms with Crippen LogP contribution >= 0.6 is 23.2 Å². The third-order valence-electron chi connectivity index (χ3n) is 4.21. The number of nitrogens with zero attached hydrogens (tertiary/aromatic N) is 1. The molecule has 32 heavy (non-hydrogen) atoms. The van der Waals surface area contributed by atoms with Crippen molar-refractivity contribution in [3.05, 3.63) is 87.9 Å². The van der Waals surface area contributed by atoms with E-state index in [1.54, 1.807) is 42.5 Å². The lowest BCUT2D eigenvalue weighted by atomic mass is 10.2. The van der Waals surface area contributed by atoms with Crippen molar-refractivity contribution in [3.8, 4) is 11.5 Å². The van der Waals surface area contributed by atoms with Crippen LogP contribution in [0, 0.1) is 0 Å². The molecule has 9 heteroatoms. The number of ether oxygens (including phenoxy) is 2. The van der Waals surface area contributed by atoms with Gasteiger partial charge in [0.05, 0.1) is 19.0 Å². The summed E-state index contributed by atoms with van der Waals surface area (Å²) < 4.78 is 10.9. The first kappa shape index (κ1) is 23.1. The van der Waals surface area contributed by atoms with E-state index in [0.29, 0.717) is 33.7 Å². The predicted molar refractivity (Wildman–Crippen MR) is 125 cm³/mol. The molecule has 0 saturated heterocycles. The number of benzene rings is 3. The summed E-state index contributed by atoms with van der Waals surface area (Å²) in [7, 11) is 1.44. The van der Waals surface area contributed by atoms with Crippen LogP contribution in [-0.2, 0) is 16.2 Å². The maximum atomic E-state index is 12.1. The summed E-state index contributed by atoms with van der Waals surface area (Å²) in [6.45, 7) is 0.310. The van der Waals surface area contributed by atoms with Crippen molar-refractivity contribution in [2.24, 2.45) is 5.10 Å². The second-order valence-electron chi connectivity index (χ2n) is 6.45. The Morgan fingerprint density at radius 1 is 1.00 bits per heavy atom. The van der Waals surface area contributed by atoms with Crippen molar-refractivity contribution < 1.29 is 19.1 Å². The standard InChI is InChI=1S/C23H19Cl2N3O4/c1-31-21-10-9-17(24)12-20(21)27-22(29)23(30)28-26-13-15-5-4-7-18(11-15)32-14-16-6-2-3-8-19(16)25/h2-13H,14H2,1H3,(H,27,29)(H,28,30). The lowest BCUT2D eigenvalue weighted by Gasteiger charge is -2.09. The summed E-state index contributed by atoms with van der Waals surface area (Å²) in [5.41, 5.74) is 3.97. The van der Waals surface area contributed by atoms with Crippen molar-refractivity contribution in [1.29, 1.82) is 0 Å². The molecule has 0 radical (unpaired) electrons. The molecule has 0 aliphatic heterocycles. The number of carbonyl (C=O) groups excluding carboxylic acids is 2. The Morgan fingerprint density at radius 3 is 2.59 bits per heavy atom. The topological polar surface area (TPSA) is 89.0 Å². The molecule has 0 aliphatic carbocycles. The third-order valence-corrected chi connectivity index (χ3v) is 4.81. The highest BCUT2D eigenvalue weighted by atomic mass is 35.5. The summed E-state index contributed by atoms with van der Waals surface area (Å²) in [5, 5.41) is 7.26. The van der Waals surface area contributed by atoms with Crippen LogP contribution in [0.2, 0.25) is 10.0 Å². The summed E-state index contributed by atoms with van der Waals surface area (Å²) in [5.74, 6) is -0.896. The van der Waals surface area contributed by atoms with E-state index < -0.39 is 11.8 Å². The van der Waals surface area contributed by atoms with Gasteiger partial charge < -0.3 is 14.8 Å². The molecule has 3 rings (SSSR count). The van der Waals surface area contributed by atoms with Gasteiger partial charge in [-0.05, 0) is 42.0 Å². The van der Waals surface area contributed by atoms with Crippen LogP contribution in [0.5, 0.6) is 11.5 Å². The van der Waals surface area contributed by atoms with Crippen LogP contribution in [0.15, 0.2) is 71.8 Å². The number of carbonyl (C=O) groups is 2. The number of hydrazone groups is 1. The van der Waals surface area contributed by atoms with Gasteiger partial charge in [-0.1, -0.05) is 53.5 Å². The smallest absolute Gasteiger partial charge is 0.329 e. The molecule has 0 unspecified atom stereocenters. The SMILES string of the molecule is COc1ccc(Cl)cc1NC(=O)C(=O)NN=Cc1cccc(OCc2ccccc2Cl)c1. The van der Waals surface area contributed by atoms with E-state index in [9.17, 15) is 9.59 Å². The van der Waals surface area contributed by atoms with E-state index in [2.05, 4.69) is 15.8 Å². The van der Waals surface area contributed by atoms with Crippen LogP contribution in [0.3, 0.4) is 0 Å². The fourth-order valence-electron chi connectivity index (χ4n) is 2.63. The van der Waals surface area contributed by atoms with Crippen LogP contribution < -0.4 is 20.2 Å². The molecule has 164 valence electrons. The van der Waals surface area contributed by atoms with Gasteiger partial charge in [-0.3, -0.25) is 9.59 Å². The van der Waals surface area contributed by atoms with Gasteiger partial charge in [0.1, 0.15) is 18.1 Å². The molecule has 0 spiro atoms. The van der Waals surface area contributed by atoms with Crippen LogP contribution in [0.1, 0.15) is 11.1 Å². The number of halogens is 2. The minimum atomic E-state index is -0.950. The number of amides is 2. The van der Waals surface area contributed by atoms with Crippen LogP contribution in [-0.4, -0.2) is 25.1 Å². The summed E-state index contributed by atoms with van der Waals surface area (Å²) in [4.78, 5) is 24.1. The van der Waals surface area contributed by atoms with Crippen LogP contribution in [0.25, 0.3) is 0 Å². The minimum Gasteiger partial charge on any atom is -0.495 e. The highest BCUT2D eigenvalue weighted by Crippen LogP contribution is 2.27. The number of nitrogens with one attached hydrogen (secondary N) is 2. The normalized spacial score (nSPS) is 10.6. The molecule has 0 atom stereocenters.